The minimum absolute atomic E-state index is 0.0156. The number of rotatable bonds is 5. The van der Waals surface area contributed by atoms with Gasteiger partial charge in [0.2, 0.25) is 12.8 Å². The average Bonchev–Trinajstić information content (AvgIpc) is 3.75. The first-order chi connectivity index (χ1) is 22.1. The summed E-state index contributed by atoms with van der Waals surface area (Å²) >= 11 is 7.94. The molecule has 10 nitrogen and oxygen atoms in total. The number of carbonyl (C=O) groups excluding carboxylic acids is 1. The molecule has 5 aliphatic rings. The summed E-state index contributed by atoms with van der Waals surface area (Å²) in [5.41, 5.74) is 5.68. The van der Waals surface area contributed by atoms with Gasteiger partial charge in [-0.15, -0.1) is 11.3 Å². The lowest BCUT2D eigenvalue weighted by Crippen LogP contribution is -2.53. The lowest BCUT2D eigenvalue weighted by atomic mass is 9.95. The first-order valence-electron chi connectivity index (χ1n) is 15.0. The van der Waals surface area contributed by atoms with Crippen molar-refractivity contribution < 1.29 is 27.4 Å². The van der Waals surface area contributed by atoms with Gasteiger partial charge in [0.25, 0.3) is 0 Å². The van der Waals surface area contributed by atoms with Gasteiger partial charge in [0.1, 0.15) is 40.3 Å². The van der Waals surface area contributed by atoms with Gasteiger partial charge in [-0.05, 0) is 31.0 Å². The van der Waals surface area contributed by atoms with E-state index in [1.807, 2.05) is 6.07 Å². The van der Waals surface area contributed by atoms with E-state index >= 15 is 4.39 Å². The lowest BCUT2D eigenvalue weighted by molar-refractivity contribution is -0.117. The summed E-state index contributed by atoms with van der Waals surface area (Å²) in [7, 11) is 1.75. The molecule has 2 unspecified atom stereocenters. The zero-order valence-electron chi connectivity index (χ0n) is 24.7. The fourth-order valence-corrected chi connectivity index (χ4v) is 9.08. The number of fused-ring (bicyclic) bond motifs is 3. The molecule has 0 radical (unpaired) electrons. The zero-order chi connectivity index (χ0) is 32.1. The van der Waals surface area contributed by atoms with E-state index < -0.39 is 35.8 Å². The summed E-state index contributed by atoms with van der Waals surface area (Å²) in [5.74, 6) is -0.816. The molecule has 3 saturated heterocycles. The average molecular weight is 672 g/mol. The summed E-state index contributed by atoms with van der Waals surface area (Å²) in [4.78, 5) is 21.9. The molecular formula is C31H29ClF3N7O3S. The third-order valence-corrected chi connectivity index (χ3v) is 11.4. The Bertz CT molecular complexity index is 1990. The molecule has 0 spiro atoms. The number of anilines is 1. The molecule has 0 bridgehead atoms. The van der Waals surface area contributed by atoms with Gasteiger partial charge in [-0.1, -0.05) is 17.7 Å². The molecule has 2 aromatic carbocycles. The van der Waals surface area contributed by atoms with Crippen LogP contribution in [0.25, 0.3) is 27.0 Å². The number of carbonyl (C=O) groups is 1. The molecule has 3 N–H and O–H groups in total. The molecule has 1 amide bonds. The number of nitriles is 1. The number of ether oxygens (including phenoxy) is 2. The molecule has 6 heterocycles. The fraction of sp³-hybridized carbons (Fsp3) is 0.452. The van der Waals surface area contributed by atoms with Gasteiger partial charge in [0.05, 0.1) is 39.7 Å². The number of hydrogen-bond acceptors (Lipinski definition) is 10. The Hall–Kier alpha value is -3.77. The van der Waals surface area contributed by atoms with Crippen LogP contribution in [0, 0.1) is 23.0 Å². The second kappa shape index (κ2) is 10.6. The first-order valence-corrected chi connectivity index (χ1v) is 16.2. The van der Waals surface area contributed by atoms with Crippen LogP contribution in [0.5, 0.6) is 5.75 Å². The van der Waals surface area contributed by atoms with E-state index in [0.29, 0.717) is 25.3 Å². The summed E-state index contributed by atoms with van der Waals surface area (Å²) in [5, 5.41) is 13.7. The largest absolute Gasteiger partial charge is 0.484 e. The van der Waals surface area contributed by atoms with Crippen LogP contribution in [0.15, 0.2) is 17.1 Å². The Balaban J connectivity index is 1.33. The number of nitrogens with zero attached hydrogens (tertiary/aromatic N) is 5. The maximum atomic E-state index is 17.1. The van der Waals surface area contributed by atoms with Crippen molar-refractivity contribution in [3.63, 3.8) is 0 Å². The number of hydrogen-bond donors (Lipinski definition) is 2. The Morgan fingerprint density at radius 2 is 2.17 bits per heavy atom. The van der Waals surface area contributed by atoms with Crippen molar-refractivity contribution in [1.29, 1.82) is 5.26 Å². The maximum Gasteiger partial charge on any atom is 0.229 e. The Morgan fingerprint density at radius 1 is 1.35 bits per heavy atom. The molecule has 5 aliphatic heterocycles. The van der Waals surface area contributed by atoms with Crippen LogP contribution in [0.2, 0.25) is 5.02 Å². The van der Waals surface area contributed by atoms with E-state index in [4.69, 9.17) is 31.8 Å². The second-order valence-corrected chi connectivity index (χ2v) is 14.0. The normalized spacial score (nSPS) is 28.2. The highest BCUT2D eigenvalue weighted by Crippen LogP contribution is 2.45. The van der Waals surface area contributed by atoms with Crippen LogP contribution in [0.3, 0.4) is 0 Å². The molecule has 3 fully saturated rings. The number of amides is 1. The van der Waals surface area contributed by atoms with Gasteiger partial charge >= 0.3 is 0 Å². The number of nitrogen functional groups attached to an aromatic ring is 1. The molecule has 8 rings (SSSR count). The van der Waals surface area contributed by atoms with Gasteiger partial charge in [-0.25, -0.2) is 18.2 Å². The van der Waals surface area contributed by atoms with Gasteiger partial charge in [-0.3, -0.25) is 9.69 Å². The van der Waals surface area contributed by atoms with Crippen molar-refractivity contribution in [1.82, 2.24) is 20.0 Å². The quantitative estimate of drug-likeness (QED) is 0.398. The predicted octanol–water partition coefficient (Wildman–Crippen LogP) is 2.65. The van der Waals surface area contributed by atoms with E-state index in [1.54, 1.807) is 16.8 Å². The van der Waals surface area contributed by atoms with E-state index in [2.05, 4.69) is 10.2 Å². The molecule has 0 aliphatic carbocycles. The highest BCUT2D eigenvalue weighted by Gasteiger charge is 2.50. The molecule has 5 atom stereocenters. The van der Waals surface area contributed by atoms with Gasteiger partial charge in [-0.2, -0.15) is 5.26 Å². The van der Waals surface area contributed by atoms with E-state index in [-0.39, 0.29) is 72.3 Å². The zero-order valence-corrected chi connectivity index (χ0v) is 26.2. The van der Waals surface area contributed by atoms with Gasteiger partial charge < -0.3 is 30.3 Å². The van der Waals surface area contributed by atoms with Crippen LogP contribution in [-0.4, -0.2) is 91.2 Å². The summed E-state index contributed by atoms with van der Waals surface area (Å²) in [6, 6.07) is 4.20. The van der Waals surface area contributed by atoms with Crippen molar-refractivity contribution >= 4 is 50.3 Å². The smallest absolute Gasteiger partial charge is 0.229 e. The third-order valence-electron chi connectivity index (χ3n) is 9.97. The molecular weight excluding hydrogens is 643 g/mol. The monoisotopic (exact) mass is 671 g/mol. The van der Waals surface area contributed by atoms with E-state index in [1.165, 1.54) is 12.1 Å². The highest BCUT2D eigenvalue weighted by molar-refractivity contribution is 7.23. The molecule has 0 saturated carbocycles. The lowest BCUT2D eigenvalue weighted by Gasteiger charge is -2.37. The maximum absolute atomic E-state index is 17.1. The van der Waals surface area contributed by atoms with Crippen molar-refractivity contribution in [3.05, 3.63) is 44.9 Å². The fourth-order valence-electron chi connectivity index (χ4n) is 7.81. The third kappa shape index (κ3) is 4.21. The number of halogens is 4. The number of likely N-dealkylation sites (tertiary alicyclic amines) is 1. The first kappa shape index (κ1) is 29.6. The SMILES string of the molecule is CN1C2=c3c(c(Cl)c(-c4ccc(F)c5sc(N)c(C#N)c45)c(F)c3=NC1OC[C@@]13CCCN1C[C@H](F)C3)OC1CN(C=O)C[C@@H]1N2. The molecule has 46 heavy (non-hydrogen) atoms. The van der Waals surface area contributed by atoms with Crippen LogP contribution < -0.4 is 26.4 Å². The number of thiophene rings is 1. The Kier molecular flexibility index (Phi) is 6.84. The number of alkyl halides is 1. The number of benzene rings is 2. The van der Waals surface area contributed by atoms with E-state index in [0.717, 1.165) is 37.1 Å². The molecule has 15 heteroatoms. The summed E-state index contributed by atoms with van der Waals surface area (Å²) in [6.45, 7) is 1.94. The minimum atomic E-state index is -0.998. The molecule has 240 valence electrons. The van der Waals surface area contributed by atoms with E-state index in [9.17, 15) is 18.8 Å². The standard InChI is InChI=1S/C31H29ClF3N7O3S/c1-40-29-22-25(39-30(40)44-12-31-5-2-6-42(31)9-14(33)7-31)24(35)21(15-3-4-17(34)27-20(15)16(8-36)28(37)46-27)23(32)26(22)45-19-11-41(13-43)10-18(19)38-29/h3-4,13-14,18-19,30,38H,2,5-7,9-12,37H2,1H3/t14-,18+,19?,30?,31+/m1/s1. The molecule has 3 aromatic rings. The molecule has 1 aromatic heterocycles. The topological polar surface area (TPSA) is 119 Å². The number of nitrogens with two attached hydrogens (primary N) is 1. The van der Waals surface area contributed by atoms with Crippen LogP contribution in [0.4, 0.5) is 18.2 Å². The summed E-state index contributed by atoms with van der Waals surface area (Å²) < 4.78 is 59.5. The summed E-state index contributed by atoms with van der Waals surface area (Å²) in [6.07, 6.45) is 0.348. The predicted molar refractivity (Wildman–Crippen MR) is 165 cm³/mol. The van der Waals surface area contributed by atoms with Crippen LogP contribution >= 0.6 is 22.9 Å². The van der Waals surface area contributed by atoms with Crippen LogP contribution in [-0.2, 0) is 9.53 Å². The minimum Gasteiger partial charge on any atom is -0.484 e. The Morgan fingerprint density at radius 3 is 2.96 bits per heavy atom. The van der Waals surface area contributed by atoms with Crippen molar-refractivity contribution in [2.45, 2.75) is 49.5 Å². The van der Waals surface area contributed by atoms with Crippen molar-refractivity contribution in [3.8, 4) is 22.9 Å². The van der Waals surface area contributed by atoms with Crippen LogP contribution in [0.1, 0.15) is 24.8 Å². The van der Waals surface area contributed by atoms with Gasteiger partial charge in [0, 0.05) is 43.0 Å². The van der Waals surface area contributed by atoms with Crippen molar-refractivity contribution in [2.75, 3.05) is 45.6 Å². The second-order valence-electron chi connectivity index (χ2n) is 12.6. The Labute approximate surface area is 270 Å². The van der Waals surface area contributed by atoms with Gasteiger partial charge in [0.15, 0.2) is 11.6 Å². The number of nitrogens with one attached hydrogen (secondary N) is 1. The van der Waals surface area contributed by atoms with Crippen molar-refractivity contribution in [2.24, 2.45) is 4.99 Å². The highest BCUT2D eigenvalue weighted by atomic mass is 35.5.